The molecule has 0 amide bonds. The minimum Gasteiger partial charge on any atom is -0.339 e. The molecule has 0 aromatic carbocycles. The summed E-state index contributed by atoms with van der Waals surface area (Å²) in [7, 11) is 1.93. The molecular weight excluding hydrogens is 270 g/mol. The Hall–Kier alpha value is -0.910. The zero-order chi connectivity index (χ0) is 12.3. The largest absolute Gasteiger partial charge is 0.339 e. The van der Waals surface area contributed by atoms with E-state index in [1.807, 2.05) is 7.05 Å². The molecule has 0 bridgehead atoms. The average Bonchev–Trinajstić information content (AvgIpc) is 2.89. The van der Waals surface area contributed by atoms with Gasteiger partial charge in [0.05, 0.1) is 6.42 Å². The first-order valence-electron chi connectivity index (χ1n) is 5.71. The summed E-state index contributed by atoms with van der Waals surface area (Å²) < 4.78 is 5.24. The first-order chi connectivity index (χ1) is 8.17. The van der Waals surface area contributed by atoms with Crippen LogP contribution in [0.1, 0.15) is 28.4 Å². The standard InChI is InChI=1S/C12H17N3OS.ClH/c1-8(13-3)6-11-14-12(16-15-11)7-10-5-4-9(2)17-10;/h4-5,8,13H,6-7H2,1-3H3;1H. The normalized spacial score (nSPS) is 12.2. The highest BCUT2D eigenvalue weighted by Gasteiger charge is 2.10. The highest BCUT2D eigenvalue weighted by atomic mass is 35.5. The molecular formula is C12H18ClN3OS. The Bertz CT molecular complexity index is 483. The van der Waals surface area contributed by atoms with Crippen molar-refractivity contribution in [1.82, 2.24) is 15.5 Å². The van der Waals surface area contributed by atoms with Crippen LogP contribution in [-0.4, -0.2) is 23.2 Å². The van der Waals surface area contributed by atoms with Crippen LogP contribution in [0.5, 0.6) is 0 Å². The van der Waals surface area contributed by atoms with Crippen LogP contribution in [-0.2, 0) is 12.8 Å². The molecule has 0 aliphatic carbocycles. The van der Waals surface area contributed by atoms with Crippen LogP contribution in [0.4, 0.5) is 0 Å². The van der Waals surface area contributed by atoms with Crippen LogP contribution >= 0.6 is 23.7 Å². The maximum atomic E-state index is 5.24. The molecule has 6 heteroatoms. The maximum Gasteiger partial charge on any atom is 0.231 e. The maximum absolute atomic E-state index is 5.24. The summed E-state index contributed by atoms with van der Waals surface area (Å²) in [6.45, 7) is 4.20. The fourth-order valence-electron chi connectivity index (χ4n) is 1.55. The molecule has 2 aromatic heterocycles. The van der Waals surface area contributed by atoms with Gasteiger partial charge in [-0.3, -0.25) is 0 Å². The van der Waals surface area contributed by atoms with Crippen LogP contribution in [0.25, 0.3) is 0 Å². The number of aryl methyl sites for hydroxylation is 1. The highest BCUT2D eigenvalue weighted by Crippen LogP contribution is 2.18. The number of rotatable bonds is 5. The number of halogens is 1. The van der Waals surface area contributed by atoms with Crippen molar-refractivity contribution in [2.24, 2.45) is 0 Å². The lowest BCUT2D eigenvalue weighted by Crippen LogP contribution is -2.24. The SMILES string of the molecule is CNC(C)Cc1noc(Cc2ccc(C)s2)n1.Cl. The Labute approximate surface area is 117 Å². The minimum absolute atomic E-state index is 0. The number of aromatic nitrogens is 2. The van der Waals surface area contributed by atoms with Crippen molar-refractivity contribution in [1.29, 1.82) is 0 Å². The van der Waals surface area contributed by atoms with E-state index in [0.29, 0.717) is 11.9 Å². The van der Waals surface area contributed by atoms with Gasteiger partial charge in [-0.2, -0.15) is 4.98 Å². The van der Waals surface area contributed by atoms with Gasteiger partial charge < -0.3 is 9.84 Å². The molecule has 18 heavy (non-hydrogen) atoms. The lowest BCUT2D eigenvalue weighted by Gasteiger charge is -2.04. The van der Waals surface area contributed by atoms with Crippen LogP contribution in [0.2, 0.25) is 0 Å². The van der Waals surface area contributed by atoms with Crippen LogP contribution in [0, 0.1) is 6.92 Å². The summed E-state index contributed by atoms with van der Waals surface area (Å²) in [6, 6.07) is 4.59. The molecule has 1 unspecified atom stereocenters. The summed E-state index contributed by atoms with van der Waals surface area (Å²) in [4.78, 5) is 6.96. The molecule has 0 radical (unpaired) electrons. The van der Waals surface area contributed by atoms with Crippen molar-refractivity contribution >= 4 is 23.7 Å². The molecule has 2 heterocycles. The van der Waals surface area contributed by atoms with E-state index in [4.69, 9.17) is 4.52 Å². The van der Waals surface area contributed by atoms with Crippen molar-refractivity contribution < 1.29 is 4.52 Å². The van der Waals surface area contributed by atoms with Gasteiger partial charge in [0.25, 0.3) is 0 Å². The third-order valence-corrected chi connectivity index (χ3v) is 3.61. The fourth-order valence-corrected chi connectivity index (χ4v) is 2.43. The topological polar surface area (TPSA) is 51.0 Å². The second-order valence-corrected chi connectivity index (χ2v) is 5.56. The summed E-state index contributed by atoms with van der Waals surface area (Å²) in [5.41, 5.74) is 0. The van der Waals surface area contributed by atoms with Crippen molar-refractivity contribution in [2.45, 2.75) is 32.7 Å². The Morgan fingerprint density at radius 1 is 1.44 bits per heavy atom. The van der Waals surface area contributed by atoms with Gasteiger partial charge >= 0.3 is 0 Å². The third kappa shape index (κ3) is 4.08. The fraction of sp³-hybridized carbons (Fsp3) is 0.500. The van der Waals surface area contributed by atoms with Gasteiger partial charge in [-0.25, -0.2) is 0 Å². The van der Waals surface area contributed by atoms with E-state index >= 15 is 0 Å². The quantitative estimate of drug-likeness (QED) is 0.918. The Balaban J connectivity index is 0.00000162. The Morgan fingerprint density at radius 2 is 2.22 bits per heavy atom. The minimum atomic E-state index is 0. The molecule has 1 N–H and O–H groups in total. The van der Waals surface area contributed by atoms with E-state index in [9.17, 15) is 0 Å². The molecule has 0 aliphatic heterocycles. The Kier molecular flexibility index (Phi) is 5.78. The van der Waals surface area contributed by atoms with Gasteiger partial charge in [-0.15, -0.1) is 23.7 Å². The number of hydrogen-bond donors (Lipinski definition) is 1. The van der Waals surface area contributed by atoms with Crippen molar-refractivity contribution in [3.05, 3.63) is 33.6 Å². The molecule has 100 valence electrons. The molecule has 0 spiro atoms. The highest BCUT2D eigenvalue weighted by molar-refractivity contribution is 7.11. The molecule has 0 saturated heterocycles. The first-order valence-corrected chi connectivity index (χ1v) is 6.53. The van der Waals surface area contributed by atoms with Crippen molar-refractivity contribution in [3.63, 3.8) is 0 Å². The van der Waals surface area contributed by atoms with Gasteiger partial charge in [-0.05, 0) is 33.0 Å². The molecule has 0 fully saturated rings. The zero-order valence-electron chi connectivity index (χ0n) is 10.8. The van der Waals surface area contributed by atoms with Crippen LogP contribution in [0.15, 0.2) is 16.7 Å². The predicted octanol–water partition coefficient (Wildman–Crippen LogP) is 2.60. The summed E-state index contributed by atoms with van der Waals surface area (Å²) in [6.07, 6.45) is 1.53. The second-order valence-electron chi connectivity index (χ2n) is 4.19. The number of thiophene rings is 1. The van der Waals surface area contributed by atoms with E-state index in [-0.39, 0.29) is 12.4 Å². The predicted molar refractivity (Wildman–Crippen MR) is 75.6 cm³/mol. The van der Waals surface area contributed by atoms with Gasteiger partial charge in [0, 0.05) is 22.2 Å². The van der Waals surface area contributed by atoms with Crippen LogP contribution in [0.3, 0.4) is 0 Å². The lowest BCUT2D eigenvalue weighted by atomic mass is 10.2. The second kappa shape index (κ2) is 6.87. The molecule has 1 atom stereocenters. The lowest BCUT2D eigenvalue weighted by molar-refractivity contribution is 0.377. The molecule has 4 nitrogen and oxygen atoms in total. The van der Waals surface area contributed by atoms with Gasteiger partial charge in [0.1, 0.15) is 0 Å². The summed E-state index contributed by atoms with van der Waals surface area (Å²) >= 11 is 1.77. The number of nitrogens with one attached hydrogen (secondary N) is 1. The summed E-state index contributed by atoms with van der Waals surface area (Å²) in [5.74, 6) is 1.47. The average molecular weight is 288 g/mol. The number of nitrogens with zero attached hydrogens (tertiary/aromatic N) is 2. The van der Waals surface area contributed by atoms with E-state index in [2.05, 4.69) is 41.4 Å². The molecule has 0 saturated carbocycles. The number of likely N-dealkylation sites (N-methyl/N-ethyl adjacent to an activating group) is 1. The first kappa shape index (κ1) is 15.1. The van der Waals surface area contributed by atoms with E-state index in [0.717, 1.165) is 18.7 Å². The third-order valence-electron chi connectivity index (χ3n) is 2.61. The van der Waals surface area contributed by atoms with Gasteiger partial charge in [0.2, 0.25) is 5.89 Å². The van der Waals surface area contributed by atoms with Gasteiger partial charge in [0.15, 0.2) is 5.82 Å². The smallest absolute Gasteiger partial charge is 0.231 e. The summed E-state index contributed by atoms with van der Waals surface area (Å²) in [5, 5.41) is 7.14. The van der Waals surface area contributed by atoms with Crippen molar-refractivity contribution in [3.8, 4) is 0 Å². The van der Waals surface area contributed by atoms with Crippen LogP contribution < -0.4 is 5.32 Å². The molecule has 2 aromatic rings. The van der Waals surface area contributed by atoms with E-state index < -0.39 is 0 Å². The molecule has 0 aliphatic rings. The van der Waals surface area contributed by atoms with Gasteiger partial charge in [-0.1, -0.05) is 5.16 Å². The van der Waals surface area contributed by atoms with E-state index in [1.165, 1.54) is 9.75 Å². The van der Waals surface area contributed by atoms with Crippen molar-refractivity contribution in [2.75, 3.05) is 7.05 Å². The number of hydrogen-bond acceptors (Lipinski definition) is 5. The van der Waals surface area contributed by atoms with E-state index in [1.54, 1.807) is 11.3 Å². The monoisotopic (exact) mass is 287 g/mol. The molecule has 2 rings (SSSR count). The zero-order valence-corrected chi connectivity index (χ0v) is 12.4. The Morgan fingerprint density at radius 3 is 2.83 bits per heavy atom.